The minimum absolute atomic E-state index is 0.0478. The second-order valence-electron chi connectivity index (χ2n) is 5.45. The fraction of sp³-hybridized carbons (Fsp3) is 0.278. The van der Waals surface area contributed by atoms with E-state index in [1.807, 2.05) is 13.8 Å². The topological polar surface area (TPSA) is 80.3 Å². The Balaban J connectivity index is 2.23. The molecule has 6 nitrogen and oxygen atoms in total. The van der Waals surface area contributed by atoms with E-state index < -0.39 is 5.97 Å². The van der Waals surface area contributed by atoms with Gasteiger partial charge in [-0.1, -0.05) is 12.1 Å². The third-order valence-corrected chi connectivity index (χ3v) is 3.13. The molecule has 2 aromatic rings. The standard InChI is InChI=1S/C18H21N3O3/c1-4-24-18(23)14-7-5-6-8-15(14)21-16-11-13(9-10-19-16)17(22)20-12(2)3/h5-12H,4H2,1-3H3,(H,19,21)(H,20,22). The highest BCUT2D eigenvalue weighted by molar-refractivity contribution is 5.97. The highest BCUT2D eigenvalue weighted by Crippen LogP contribution is 2.21. The van der Waals surface area contributed by atoms with Gasteiger partial charge in [0.15, 0.2) is 0 Å². The summed E-state index contributed by atoms with van der Waals surface area (Å²) < 4.78 is 5.05. The van der Waals surface area contributed by atoms with Gasteiger partial charge in [0.1, 0.15) is 5.82 Å². The molecule has 24 heavy (non-hydrogen) atoms. The van der Waals surface area contributed by atoms with Crippen molar-refractivity contribution in [3.05, 3.63) is 53.7 Å². The van der Waals surface area contributed by atoms with E-state index in [0.29, 0.717) is 29.2 Å². The number of esters is 1. The first-order valence-electron chi connectivity index (χ1n) is 7.81. The predicted octanol–water partition coefficient (Wildman–Crippen LogP) is 3.14. The van der Waals surface area contributed by atoms with E-state index in [9.17, 15) is 9.59 Å². The molecule has 6 heteroatoms. The van der Waals surface area contributed by atoms with Crippen molar-refractivity contribution in [1.29, 1.82) is 0 Å². The lowest BCUT2D eigenvalue weighted by atomic mass is 10.1. The molecular weight excluding hydrogens is 306 g/mol. The smallest absolute Gasteiger partial charge is 0.340 e. The molecule has 0 saturated carbocycles. The number of aromatic nitrogens is 1. The Bertz CT molecular complexity index is 729. The maximum atomic E-state index is 12.1. The molecule has 2 N–H and O–H groups in total. The zero-order valence-corrected chi connectivity index (χ0v) is 14.0. The highest BCUT2D eigenvalue weighted by Gasteiger charge is 2.13. The van der Waals surface area contributed by atoms with Crippen molar-refractivity contribution in [3.63, 3.8) is 0 Å². The molecule has 0 bridgehead atoms. The predicted molar refractivity (Wildman–Crippen MR) is 92.5 cm³/mol. The van der Waals surface area contributed by atoms with Crippen LogP contribution in [-0.4, -0.2) is 29.5 Å². The first-order chi connectivity index (χ1) is 11.5. The molecule has 0 aliphatic rings. The maximum absolute atomic E-state index is 12.1. The minimum Gasteiger partial charge on any atom is -0.462 e. The van der Waals surface area contributed by atoms with Crippen molar-refractivity contribution in [3.8, 4) is 0 Å². The quantitative estimate of drug-likeness (QED) is 0.797. The van der Waals surface area contributed by atoms with Gasteiger partial charge in [0.2, 0.25) is 0 Å². The minimum atomic E-state index is -0.408. The molecule has 0 fully saturated rings. The van der Waals surface area contributed by atoms with Crippen LogP contribution in [0, 0.1) is 0 Å². The van der Waals surface area contributed by atoms with Gasteiger partial charge < -0.3 is 15.4 Å². The van der Waals surface area contributed by atoms with E-state index in [-0.39, 0.29) is 11.9 Å². The third-order valence-electron chi connectivity index (χ3n) is 3.13. The molecule has 0 spiro atoms. The summed E-state index contributed by atoms with van der Waals surface area (Å²) in [5.41, 5.74) is 1.48. The molecule has 0 radical (unpaired) electrons. The number of carbonyl (C=O) groups is 2. The molecule has 1 aromatic carbocycles. The number of pyridine rings is 1. The lowest BCUT2D eigenvalue weighted by molar-refractivity contribution is 0.0527. The summed E-state index contributed by atoms with van der Waals surface area (Å²) in [4.78, 5) is 28.3. The first-order valence-corrected chi connectivity index (χ1v) is 7.81. The number of nitrogens with one attached hydrogen (secondary N) is 2. The van der Waals surface area contributed by atoms with Crippen LogP contribution in [0.1, 0.15) is 41.5 Å². The number of amides is 1. The number of nitrogens with zero attached hydrogens (tertiary/aromatic N) is 1. The fourth-order valence-electron chi connectivity index (χ4n) is 2.10. The van der Waals surface area contributed by atoms with E-state index >= 15 is 0 Å². The number of rotatable bonds is 6. The van der Waals surface area contributed by atoms with E-state index in [1.165, 1.54) is 0 Å². The number of hydrogen-bond acceptors (Lipinski definition) is 5. The molecule has 2 rings (SSSR count). The van der Waals surface area contributed by atoms with E-state index in [1.54, 1.807) is 49.5 Å². The van der Waals surface area contributed by atoms with Crippen LogP contribution in [0.4, 0.5) is 11.5 Å². The summed E-state index contributed by atoms with van der Waals surface area (Å²) in [5, 5.41) is 5.90. The van der Waals surface area contributed by atoms with E-state index in [0.717, 1.165) is 0 Å². The van der Waals surface area contributed by atoms with Crippen LogP contribution in [0.5, 0.6) is 0 Å². The normalized spacial score (nSPS) is 10.3. The average molecular weight is 327 g/mol. The number of anilines is 2. The van der Waals surface area contributed by atoms with Crippen LogP contribution in [0.3, 0.4) is 0 Å². The van der Waals surface area contributed by atoms with Crippen LogP contribution in [0.2, 0.25) is 0 Å². The second-order valence-corrected chi connectivity index (χ2v) is 5.45. The van der Waals surface area contributed by atoms with E-state index in [2.05, 4.69) is 15.6 Å². The highest BCUT2D eigenvalue weighted by atomic mass is 16.5. The van der Waals surface area contributed by atoms with Gasteiger partial charge in [-0.05, 0) is 45.0 Å². The lowest BCUT2D eigenvalue weighted by Gasteiger charge is -2.12. The summed E-state index contributed by atoms with van der Waals surface area (Å²) >= 11 is 0. The molecule has 0 unspecified atom stereocenters. The van der Waals surface area contributed by atoms with Crippen molar-refractivity contribution >= 4 is 23.4 Å². The maximum Gasteiger partial charge on any atom is 0.340 e. The largest absolute Gasteiger partial charge is 0.462 e. The molecule has 0 saturated heterocycles. The van der Waals surface area contributed by atoms with Crippen molar-refractivity contribution in [2.24, 2.45) is 0 Å². The molecule has 126 valence electrons. The van der Waals surface area contributed by atoms with Crippen molar-refractivity contribution in [2.45, 2.75) is 26.8 Å². The number of ether oxygens (including phenoxy) is 1. The Morgan fingerprint density at radius 3 is 2.67 bits per heavy atom. The summed E-state index contributed by atoms with van der Waals surface area (Å²) in [7, 11) is 0. The zero-order chi connectivity index (χ0) is 17.5. The molecule has 1 heterocycles. The van der Waals surface area contributed by atoms with Gasteiger partial charge >= 0.3 is 5.97 Å². The van der Waals surface area contributed by atoms with Crippen LogP contribution in [0.25, 0.3) is 0 Å². The van der Waals surface area contributed by atoms with Crippen molar-refractivity contribution in [2.75, 3.05) is 11.9 Å². The van der Waals surface area contributed by atoms with Gasteiger partial charge in [-0.25, -0.2) is 9.78 Å². The average Bonchev–Trinajstić information content (AvgIpc) is 2.55. The second kappa shape index (κ2) is 8.10. The van der Waals surface area contributed by atoms with Crippen molar-refractivity contribution in [1.82, 2.24) is 10.3 Å². The zero-order valence-electron chi connectivity index (χ0n) is 14.0. The number of carbonyl (C=O) groups excluding carboxylic acids is 2. The molecular formula is C18H21N3O3. The van der Waals surface area contributed by atoms with Gasteiger partial charge in [-0.3, -0.25) is 4.79 Å². The summed E-state index contributed by atoms with van der Waals surface area (Å²) in [6, 6.07) is 10.3. The van der Waals surface area contributed by atoms with Crippen LogP contribution >= 0.6 is 0 Å². The fourth-order valence-corrected chi connectivity index (χ4v) is 2.10. The van der Waals surface area contributed by atoms with Gasteiger partial charge in [0.25, 0.3) is 5.91 Å². The van der Waals surface area contributed by atoms with Gasteiger partial charge in [0, 0.05) is 17.8 Å². The Kier molecular flexibility index (Phi) is 5.89. The Morgan fingerprint density at radius 2 is 1.96 bits per heavy atom. The van der Waals surface area contributed by atoms with Gasteiger partial charge in [0.05, 0.1) is 17.9 Å². The van der Waals surface area contributed by atoms with Crippen LogP contribution in [-0.2, 0) is 4.74 Å². The SMILES string of the molecule is CCOC(=O)c1ccccc1Nc1cc(C(=O)NC(C)C)ccn1. The van der Waals surface area contributed by atoms with Crippen LogP contribution in [0.15, 0.2) is 42.6 Å². The summed E-state index contributed by atoms with van der Waals surface area (Å²) in [5.74, 6) is -0.105. The molecule has 1 amide bonds. The number of hydrogen-bond donors (Lipinski definition) is 2. The number of benzene rings is 1. The van der Waals surface area contributed by atoms with Crippen molar-refractivity contribution < 1.29 is 14.3 Å². The Morgan fingerprint density at radius 1 is 1.21 bits per heavy atom. The molecule has 0 aliphatic heterocycles. The summed E-state index contributed by atoms with van der Waals surface area (Å²) in [6.07, 6.45) is 1.55. The first kappa shape index (κ1) is 17.5. The van der Waals surface area contributed by atoms with E-state index in [4.69, 9.17) is 4.74 Å². The Labute approximate surface area is 141 Å². The molecule has 0 aliphatic carbocycles. The van der Waals surface area contributed by atoms with Crippen LogP contribution < -0.4 is 10.6 Å². The Hall–Kier alpha value is -2.89. The molecule has 0 atom stereocenters. The lowest BCUT2D eigenvalue weighted by Crippen LogP contribution is -2.30. The summed E-state index contributed by atoms with van der Waals surface area (Å²) in [6.45, 7) is 5.85. The third kappa shape index (κ3) is 4.55. The monoisotopic (exact) mass is 327 g/mol. The van der Waals surface area contributed by atoms with Gasteiger partial charge in [-0.15, -0.1) is 0 Å². The van der Waals surface area contributed by atoms with Gasteiger partial charge in [-0.2, -0.15) is 0 Å². The number of para-hydroxylation sites is 1. The molecule has 1 aromatic heterocycles.